The van der Waals surface area contributed by atoms with Gasteiger partial charge in [-0.1, -0.05) is 55.4 Å². The number of nitrogens with two attached hydrogens (primary N) is 4. The predicted octanol–water partition coefficient (Wildman–Crippen LogP) is -1.04. The van der Waals surface area contributed by atoms with Gasteiger partial charge in [-0.05, 0) is 75.0 Å². The van der Waals surface area contributed by atoms with E-state index in [0.717, 1.165) is 0 Å². The molecule has 16 N–H and O–H groups in total. The van der Waals surface area contributed by atoms with Crippen LogP contribution in [0.15, 0.2) is 9.98 Å². The van der Waals surface area contributed by atoms with Gasteiger partial charge in [-0.15, -0.1) is 0 Å². The van der Waals surface area contributed by atoms with Gasteiger partial charge < -0.3 is 64.4 Å². The zero-order valence-electron chi connectivity index (χ0n) is 39.6. The van der Waals surface area contributed by atoms with Gasteiger partial charge in [0, 0.05) is 26.9 Å². The lowest BCUT2D eigenvalue weighted by molar-refractivity contribution is -0.133. The maximum atomic E-state index is 12.8. The van der Waals surface area contributed by atoms with Crippen molar-refractivity contribution in [1.82, 2.24) is 31.9 Å². The number of rotatable bonds is 28. The van der Waals surface area contributed by atoms with E-state index in [9.17, 15) is 38.4 Å². The zero-order chi connectivity index (χ0) is 51.0. The minimum absolute atomic E-state index is 0.0310. The second kappa shape index (κ2) is 34.9. The Hall–Kier alpha value is -5.43. The molecule has 25 heteroatoms. The van der Waals surface area contributed by atoms with Gasteiger partial charge >= 0.3 is 10.4 Å². The summed E-state index contributed by atoms with van der Waals surface area (Å²) < 4.78 is 31.6. The van der Waals surface area contributed by atoms with Crippen molar-refractivity contribution in [3.63, 3.8) is 0 Å². The fraction of sp³-hybridized carbons (Fsp3) is 0.750. The average molecular weight is 951 g/mol. The minimum Gasteiger partial charge on any atom is -0.370 e. The maximum absolute atomic E-state index is 12.8. The molecule has 0 rings (SSSR count). The van der Waals surface area contributed by atoms with Crippen molar-refractivity contribution in [3.8, 4) is 0 Å². The minimum atomic E-state index is -4.67. The summed E-state index contributed by atoms with van der Waals surface area (Å²) in [6.07, 6.45) is 4.76. The molecular weight excluding hydrogens is 873 g/mol. The van der Waals surface area contributed by atoms with Gasteiger partial charge in [-0.2, -0.15) is 8.42 Å². The number of nitrogens with zero attached hydrogens (tertiary/aromatic N) is 2. The molecule has 0 aliphatic heterocycles. The number of carbonyl (C=O) groups is 8. The van der Waals surface area contributed by atoms with E-state index in [0.29, 0.717) is 77.0 Å². The first kappa shape index (κ1) is 63.9. The molecule has 65 heavy (non-hydrogen) atoms. The highest BCUT2D eigenvalue weighted by Crippen LogP contribution is 2.11. The molecule has 0 fully saturated rings. The molecule has 6 atom stereocenters. The summed E-state index contributed by atoms with van der Waals surface area (Å²) in [6.45, 7) is 18.9. The van der Waals surface area contributed by atoms with Crippen molar-refractivity contribution in [2.75, 3.05) is 13.1 Å². The number of nitrogens with one attached hydrogen (secondary N) is 6. The van der Waals surface area contributed by atoms with Gasteiger partial charge in [0.2, 0.25) is 35.4 Å². The summed E-state index contributed by atoms with van der Waals surface area (Å²) in [6, 6.07) is -4.51. The summed E-state index contributed by atoms with van der Waals surface area (Å²) in [5.74, 6) is -1.82. The van der Waals surface area contributed by atoms with E-state index >= 15 is 0 Å². The van der Waals surface area contributed by atoms with Gasteiger partial charge in [-0.25, -0.2) is 0 Å². The lowest BCUT2D eigenvalue weighted by atomic mass is 9.99. The molecule has 376 valence electrons. The van der Waals surface area contributed by atoms with Crippen LogP contribution >= 0.6 is 0 Å². The van der Waals surface area contributed by atoms with Crippen molar-refractivity contribution >= 4 is 70.3 Å². The van der Waals surface area contributed by atoms with E-state index in [1.54, 1.807) is 0 Å². The second-order valence-corrected chi connectivity index (χ2v) is 17.9. The summed E-state index contributed by atoms with van der Waals surface area (Å²) in [7, 11) is -4.67. The number of hydrogen-bond acceptors (Lipinski definition) is 12. The number of carbonyl (C=O) groups excluding carboxylic acids is 8. The van der Waals surface area contributed by atoms with E-state index in [4.69, 9.17) is 40.5 Å². The zero-order valence-corrected chi connectivity index (χ0v) is 40.4. The maximum Gasteiger partial charge on any atom is 0.394 e. The molecule has 0 aromatic carbocycles. The third kappa shape index (κ3) is 39.9. The Labute approximate surface area is 383 Å². The average Bonchev–Trinajstić information content (AvgIpc) is 3.14. The van der Waals surface area contributed by atoms with Crippen molar-refractivity contribution < 1.29 is 55.9 Å². The molecule has 0 radical (unpaired) electrons. The van der Waals surface area contributed by atoms with Crippen LogP contribution in [0.2, 0.25) is 0 Å². The van der Waals surface area contributed by atoms with Crippen molar-refractivity contribution in [2.45, 2.75) is 157 Å². The molecule has 0 aromatic rings. The molecule has 0 aliphatic carbocycles. The van der Waals surface area contributed by atoms with Gasteiger partial charge in [0.05, 0.1) is 12.1 Å². The molecule has 0 bridgehead atoms. The molecule has 0 aliphatic rings. The smallest absolute Gasteiger partial charge is 0.370 e. The molecule has 24 nitrogen and oxygen atoms in total. The lowest BCUT2D eigenvalue weighted by Crippen LogP contribution is -2.55. The summed E-state index contributed by atoms with van der Waals surface area (Å²) in [4.78, 5) is 104. The predicted molar refractivity (Wildman–Crippen MR) is 247 cm³/mol. The first-order valence-electron chi connectivity index (χ1n) is 21.4. The van der Waals surface area contributed by atoms with Crippen LogP contribution in [0.3, 0.4) is 0 Å². The van der Waals surface area contributed by atoms with Crippen molar-refractivity contribution in [1.29, 1.82) is 0 Å². The van der Waals surface area contributed by atoms with Crippen LogP contribution in [0.25, 0.3) is 0 Å². The Kier molecular flexibility index (Phi) is 34.3. The molecule has 0 heterocycles. The highest BCUT2D eigenvalue weighted by atomic mass is 32.3. The highest BCUT2D eigenvalue weighted by Gasteiger charge is 2.30. The Morgan fingerprint density at radius 2 is 0.723 bits per heavy atom. The Morgan fingerprint density at radius 3 is 0.923 bits per heavy atom. The van der Waals surface area contributed by atoms with Crippen LogP contribution in [0, 0.1) is 23.7 Å². The number of aldehydes is 2. The second-order valence-electron chi connectivity index (χ2n) is 17.0. The Bertz CT molecular complexity index is 1540. The van der Waals surface area contributed by atoms with Gasteiger partial charge in [0.15, 0.2) is 11.9 Å². The van der Waals surface area contributed by atoms with Gasteiger partial charge in [0.25, 0.3) is 0 Å². The topological polar surface area (TPSA) is 412 Å². The first-order valence-corrected chi connectivity index (χ1v) is 22.8. The van der Waals surface area contributed by atoms with Gasteiger partial charge in [0.1, 0.15) is 36.7 Å². The molecule has 0 saturated heterocycles. The summed E-state index contributed by atoms with van der Waals surface area (Å²) >= 11 is 0. The molecular formula is C40H78N12O12S. The lowest BCUT2D eigenvalue weighted by Gasteiger charge is -2.25. The van der Waals surface area contributed by atoms with Crippen LogP contribution in [0.1, 0.15) is 121 Å². The van der Waals surface area contributed by atoms with Crippen LogP contribution in [-0.4, -0.2) is 127 Å². The molecule has 6 unspecified atom stereocenters. The van der Waals surface area contributed by atoms with E-state index in [1.807, 2.05) is 55.4 Å². The monoisotopic (exact) mass is 951 g/mol. The molecule has 6 amide bonds. The van der Waals surface area contributed by atoms with Crippen molar-refractivity contribution in [3.05, 3.63) is 0 Å². The molecule has 0 saturated carbocycles. The van der Waals surface area contributed by atoms with E-state index in [-0.39, 0.29) is 47.4 Å². The largest absolute Gasteiger partial charge is 0.394 e. The summed E-state index contributed by atoms with van der Waals surface area (Å²) in [5.41, 5.74) is 21.0. The summed E-state index contributed by atoms with van der Waals surface area (Å²) in [5, 5.41) is 16.1. The normalized spacial score (nSPS) is 13.7. The number of guanidine groups is 2. The van der Waals surface area contributed by atoms with E-state index in [2.05, 4.69) is 41.9 Å². The number of aliphatic imine (C=N–C) groups is 2. The van der Waals surface area contributed by atoms with Crippen LogP contribution in [0.5, 0.6) is 0 Å². The Morgan fingerprint density at radius 1 is 0.492 bits per heavy atom. The SMILES string of the molecule is CC(=O)NC(CC(C)C)C(=O)NC(CC(C)C)C(=O)NC(C=O)CCCN=C(N)N.CC(=O)NC(CC(C)C)C(=O)NC(CC(C)C)C(=O)NC(C=O)CCCN=C(N)N.O=S(=O)(O)O. The Balaban J connectivity index is -0.00000107. The van der Waals surface area contributed by atoms with E-state index in [1.165, 1.54) is 13.8 Å². The number of hydrogen-bond donors (Lipinski definition) is 12. The van der Waals surface area contributed by atoms with E-state index < -0.39 is 70.3 Å². The first-order chi connectivity index (χ1) is 29.9. The third-order valence-corrected chi connectivity index (χ3v) is 8.40. The highest BCUT2D eigenvalue weighted by molar-refractivity contribution is 7.79. The third-order valence-electron chi connectivity index (χ3n) is 8.40. The van der Waals surface area contributed by atoms with Crippen LogP contribution in [-0.2, 0) is 48.8 Å². The molecule has 0 aromatic heterocycles. The fourth-order valence-corrected chi connectivity index (χ4v) is 5.80. The quantitative estimate of drug-likeness (QED) is 0.0146. The van der Waals surface area contributed by atoms with Gasteiger partial charge in [-0.3, -0.25) is 47.9 Å². The van der Waals surface area contributed by atoms with Crippen LogP contribution in [0.4, 0.5) is 0 Å². The number of amides is 6. The van der Waals surface area contributed by atoms with Crippen LogP contribution < -0.4 is 54.8 Å². The standard InChI is InChI=1S/2C20H38N6O4.H2O4S/c2*1-12(2)9-16(24-14(5)28)19(30)26-17(10-13(3)4)18(29)25-15(11-27)7-6-8-23-20(21)22;1-5(2,3)4/h2*11-13,15-17H,6-10H2,1-5H3,(H,24,28)(H,25,29)(H,26,30)(H4,21,22,23);(H2,1,2,3,4). The molecule has 0 spiro atoms. The van der Waals surface area contributed by atoms with Crippen molar-refractivity contribution in [2.24, 2.45) is 56.6 Å². The fourth-order valence-electron chi connectivity index (χ4n) is 5.80.